The van der Waals surface area contributed by atoms with Gasteiger partial charge in [-0.3, -0.25) is 0 Å². The molecule has 1 N–H and O–H groups in total. The first-order valence-electron chi connectivity index (χ1n) is 11.1. The van der Waals surface area contributed by atoms with Crippen LogP contribution < -0.4 is 0 Å². The third-order valence-corrected chi connectivity index (χ3v) is 6.98. The van der Waals surface area contributed by atoms with Crippen LogP contribution in [-0.2, 0) is 17.3 Å². The molecule has 2 heteroatoms. The first-order valence-corrected chi connectivity index (χ1v) is 11.1. The van der Waals surface area contributed by atoms with Gasteiger partial charge < -0.3 is 5.11 Å². The van der Waals surface area contributed by atoms with E-state index in [0.29, 0.717) is 5.56 Å². The first kappa shape index (κ1) is 22.3. The second-order valence-electron chi connectivity index (χ2n) is 10.4. The van der Waals surface area contributed by atoms with E-state index in [9.17, 15) is 4.79 Å². The molecule has 0 unspecified atom stereocenters. The van der Waals surface area contributed by atoms with Crippen molar-refractivity contribution < 1.29 is 9.90 Å². The summed E-state index contributed by atoms with van der Waals surface area (Å²) in [5, 5.41) is 9.05. The molecule has 30 heavy (non-hydrogen) atoms. The fraction of sp³-hybridized carbons (Fsp3) is 0.464. The van der Waals surface area contributed by atoms with Gasteiger partial charge in [0.05, 0.1) is 5.56 Å². The predicted molar refractivity (Wildman–Crippen MR) is 127 cm³/mol. The molecule has 0 radical (unpaired) electrons. The van der Waals surface area contributed by atoms with E-state index >= 15 is 0 Å². The van der Waals surface area contributed by atoms with Crippen LogP contribution in [0.15, 0.2) is 35.9 Å². The Morgan fingerprint density at radius 1 is 1.00 bits per heavy atom. The van der Waals surface area contributed by atoms with Crippen molar-refractivity contribution in [2.75, 3.05) is 0 Å². The molecule has 0 bridgehead atoms. The molecule has 0 heterocycles. The summed E-state index contributed by atoms with van der Waals surface area (Å²) in [6.45, 7) is 16.4. The van der Waals surface area contributed by atoms with Crippen molar-refractivity contribution in [3.8, 4) is 0 Å². The molecule has 1 aliphatic carbocycles. The van der Waals surface area contributed by atoms with Crippen LogP contribution in [0.4, 0.5) is 0 Å². The van der Waals surface area contributed by atoms with Gasteiger partial charge in [-0.25, -0.2) is 4.79 Å². The molecule has 1 aliphatic rings. The molecule has 0 aliphatic heterocycles. The SMILES string of the molecule is CC(=Cc1ccc(C(=O)O)cc1)CCc1cc(C)c2c(c1C)C(C)(C)CCC2(C)C. The smallest absolute Gasteiger partial charge is 0.335 e. The lowest BCUT2D eigenvalue weighted by atomic mass is 9.60. The lowest BCUT2D eigenvalue weighted by Gasteiger charge is -2.44. The number of allylic oxidation sites excluding steroid dienone is 1. The summed E-state index contributed by atoms with van der Waals surface area (Å²) in [6.07, 6.45) is 6.69. The van der Waals surface area contributed by atoms with Crippen molar-refractivity contribution in [3.63, 3.8) is 0 Å². The average Bonchev–Trinajstić information content (AvgIpc) is 2.66. The van der Waals surface area contributed by atoms with Crippen molar-refractivity contribution in [2.45, 2.75) is 85.0 Å². The molecule has 2 nitrogen and oxygen atoms in total. The van der Waals surface area contributed by atoms with Crippen molar-refractivity contribution in [1.82, 2.24) is 0 Å². The van der Waals surface area contributed by atoms with Crippen LogP contribution in [0.3, 0.4) is 0 Å². The first-order chi connectivity index (χ1) is 13.9. The Hall–Kier alpha value is -2.35. The molecule has 0 spiro atoms. The Morgan fingerprint density at radius 2 is 1.57 bits per heavy atom. The molecule has 0 amide bonds. The number of carbonyl (C=O) groups is 1. The molecule has 0 saturated heterocycles. The number of carboxylic acids is 1. The molecule has 2 aromatic carbocycles. The molecule has 160 valence electrons. The van der Waals surface area contributed by atoms with Crippen LogP contribution in [0.1, 0.15) is 97.6 Å². The van der Waals surface area contributed by atoms with Gasteiger partial charge in [-0.15, -0.1) is 0 Å². The van der Waals surface area contributed by atoms with Crippen molar-refractivity contribution in [2.24, 2.45) is 0 Å². The fourth-order valence-corrected chi connectivity index (χ4v) is 5.25. The van der Waals surface area contributed by atoms with Gasteiger partial charge in [0.1, 0.15) is 0 Å². The van der Waals surface area contributed by atoms with Gasteiger partial charge in [0.2, 0.25) is 0 Å². The van der Waals surface area contributed by atoms with Gasteiger partial charge in [0.25, 0.3) is 0 Å². The number of rotatable bonds is 5. The largest absolute Gasteiger partial charge is 0.478 e. The third-order valence-electron chi connectivity index (χ3n) is 6.98. The summed E-state index contributed by atoms with van der Waals surface area (Å²) >= 11 is 0. The third kappa shape index (κ3) is 4.38. The van der Waals surface area contributed by atoms with Crippen molar-refractivity contribution >= 4 is 12.0 Å². The van der Waals surface area contributed by atoms with E-state index < -0.39 is 5.97 Å². The van der Waals surface area contributed by atoms with E-state index in [1.54, 1.807) is 23.3 Å². The summed E-state index contributed by atoms with van der Waals surface area (Å²) < 4.78 is 0. The van der Waals surface area contributed by atoms with E-state index in [2.05, 4.69) is 60.6 Å². The number of carboxylic acid groups (broad SMARTS) is 1. The molecule has 0 aromatic heterocycles. The Bertz CT molecular complexity index is 988. The highest BCUT2D eigenvalue weighted by Crippen LogP contribution is 2.49. The van der Waals surface area contributed by atoms with Gasteiger partial charge in [-0.2, -0.15) is 0 Å². The zero-order valence-electron chi connectivity index (χ0n) is 19.6. The molecule has 0 saturated carbocycles. The van der Waals surface area contributed by atoms with Gasteiger partial charge in [0, 0.05) is 0 Å². The van der Waals surface area contributed by atoms with E-state index in [0.717, 1.165) is 18.4 Å². The van der Waals surface area contributed by atoms with Gasteiger partial charge >= 0.3 is 5.97 Å². The van der Waals surface area contributed by atoms with Crippen LogP contribution in [0, 0.1) is 13.8 Å². The minimum absolute atomic E-state index is 0.229. The Balaban J connectivity index is 1.86. The summed E-state index contributed by atoms with van der Waals surface area (Å²) in [5.41, 5.74) is 10.7. The van der Waals surface area contributed by atoms with Gasteiger partial charge in [-0.1, -0.05) is 57.5 Å². The zero-order valence-corrected chi connectivity index (χ0v) is 19.6. The molecule has 2 aromatic rings. The number of hydrogen-bond donors (Lipinski definition) is 1. The highest BCUT2D eigenvalue weighted by Gasteiger charge is 2.39. The van der Waals surface area contributed by atoms with Crippen LogP contribution in [0.25, 0.3) is 6.08 Å². The van der Waals surface area contributed by atoms with Gasteiger partial charge in [-0.05, 0) is 103 Å². The molecular weight excluding hydrogens is 368 g/mol. The molecule has 0 fully saturated rings. The maximum Gasteiger partial charge on any atom is 0.335 e. The number of aromatic carboxylic acids is 1. The Labute approximate surface area is 182 Å². The summed E-state index contributed by atoms with van der Waals surface area (Å²) in [7, 11) is 0. The zero-order chi connectivity index (χ0) is 22.3. The lowest BCUT2D eigenvalue weighted by molar-refractivity contribution is 0.0697. The lowest BCUT2D eigenvalue weighted by Crippen LogP contribution is -2.36. The molecule has 0 atom stereocenters. The Kier molecular flexibility index (Phi) is 6.00. The predicted octanol–water partition coefficient (Wildman–Crippen LogP) is 7.39. The van der Waals surface area contributed by atoms with Crippen LogP contribution in [-0.4, -0.2) is 11.1 Å². The molecular formula is C28H36O2. The number of fused-ring (bicyclic) bond motifs is 1. The number of benzene rings is 2. The summed E-state index contributed by atoms with van der Waals surface area (Å²) in [5.74, 6) is -0.883. The Morgan fingerprint density at radius 3 is 2.13 bits per heavy atom. The summed E-state index contributed by atoms with van der Waals surface area (Å²) in [4.78, 5) is 11.0. The van der Waals surface area contributed by atoms with Crippen molar-refractivity contribution in [3.05, 3.63) is 74.8 Å². The monoisotopic (exact) mass is 404 g/mol. The van der Waals surface area contributed by atoms with E-state index in [1.807, 2.05) is 12.1 Å². The minimum atomic E-state index is -0.883. The normalized spacial score (nSPS) is 17.5. The van der Waals surface area contributed by atoms with Gasteiger partial charge in [0.15, 0.2) is 0 Å². The fourth-order valence-electron chi connectivity index (χ4n) is 5.25. The highest BCUT2D eigenvalue weighted by atomic mass is 16.4. The highest BCUT2D eigenvalue weighted by molar-refractivity contribution is 5.87. The van der Waals surface area contributed by atoms with Crippen molar-refractivity contribution in [1.29, 1.82) is 0 Å². The van der Waals surface area contributed by atoms with E-state index in [1.165, 1.54) is 35.1 Å². The molecule has 3 rings (SSSR count). The van der Waals surface area contributed by atoms with Crippen LogP contribution in [0.2, 0.25) is 0 Å². The van der Waals surface area contributed by atoms with Crippen LogP contribution >= 0.6 is 0 Å². The summed E-state index contributed by atoms with van der Waals surface area (Å²) in [6, 6.07) is 9.52. The van der Waals surface area contributed by atoms with E-state index in [4.69, 9.17) is 5.11 Å². The average molecular weight is 405 g/mol. The second-order valence-corrected chi connectivity index (χ2v) is 10.4. The minimum Gasteiger partial charge on any atom is -0.478 e. The number of hydrogen-bond acceptors (Lipinski definition) is 1. The standard InChI is InChI=1S/C28H36O2/c1-18(16-21-9-12-22(13-10-21)26(29)30)8-11-23-17-19(2)24-25(20(23)3)28(6,7)15-14-27(24,4)5/h9-10,12-13,16-17H,8,11,14-15H2,1-7H3,(H,29,30). The quantitative estimate of drug-likeness (QED) is 0.564. The maximum atomic E-state index is 11.0. The second kappa shape index (κ2) is 8.06. The van der Waals surface area contributed by atoms with Crippen LogP contribution in [0.5, 0.6) is 0 Å². The van der Waals surface area contributed by atoms with E-state index in [-0.39, 0.29) is 10.8 Å². The maximum absolute atomic E-state index is 11.0. The number of aryl methyl sites for hydroxylation is 2. The topological polar surface area (TPSA) is 37.3 Å².